The quantitative estimate of drug-likeness (QED) is 0.588. The fraction of sp³-hybridized carbons (Fsp3) is 0.348. The van der Waals surface area contributed by atoms with Crippen molar-refractivity contribution in [2.75, 3.05) is 27.4 Å². The van der Waals surface area contributed by atoms with E-state index in [1.165, 1.54) is 0 Å². The predicted molar refractivity (Wildman–Crippen MR) is 115 cm³/mol. The summed E-state index contributed by atoms with van der Waals surface area (Å²) in [7, 11) is 3.21. The molecule has 154 valence electrons. The summed E-state index contributed by atoms with van der Waals surface area (Å²) in [6.07, 6.45) is 5.29. The zero-order valence-corrected chi connectivity index (χ0v) is 17.7. The Morgan fingerprint density at radius 2 is 1.97 bits per heavy atom. The molecule has 1 fully saturated rings. The number of hydrogen-bond acceptors (Lipinski definition) is 4. The average Bonchev–Trinajstić information content (AvgIpc) is 3.23. The van der Waals surface area contributed by atoms with Crippen LogP contribution in [0, 0.1) is 0 Å². The van der Waals surface area contributed by atoms with E-state index in [0.717, 1.165) is 36.3 Å². The molecule has 0 bridgehead atoms. The summed E-state index contributed by atoms with van der Waals surface area (Å²) in [6, 6.07) is 11.6. The number of ether oxygens (including phenoxy) is 3. The number of carbonyl (C=O) groups is 1. The Bertz CT molecular complexity index is 879. The van der Waals surface area contributed by atoms with Crippen molar-refractivity contribution >= 4 is 23.6 Å². The Balaban J connectivity index is 1.76. The van der Waals surface area contributed by atoms with E-state index >= 15 is 0 Å². The zero-order valence-electron chi connectivity index (χ0n) is 17.0. The van der Waals surface area contributed by atoms with Crippen LogP contribution in [0.2, 0.25) is 5.02 Å². The molecule has 2 aromatic rings. The molecule has 0 radical (unpaired) electrons. The lowest BCUT2D eigenvalue weighted by atomic mass is 10.0. The summed E-state index contributed by atoms with van der Waals surface area (Å²) in [5.74, 6) is 1.85. The molecule has 1 amide bonds. The molecule has 2 aromatic carbocycles. The Hall–Kier alpha value is -2.66. The van der Waals surface area contributed by atoms with Crippen molar-refractivity contribution in [3.05, 3.63) is 58.6 Å². The molecule has 0 aliphatic carbocycles. The minimum Gasteiger partial charge on any atom is -0.497 e. The van der Waals surface area contributed by atoms with Crippen LogP contribution < -0.4 is 14.2 Å². The minimum absolute atomic E-state index is 0.0210. The van der Waals surface area contributed by atoms with Crippen LogP contribution in [0.15, 0.2) is 42.5 Å². The standard InChI is InChI=1S/C23H26ClNO4/c1-4-29-23-19(24)14-16(15-21(23)28-3)7-12-22(26)25-13-5-6-20(25)17-8-10-18(27-2)11-9-17/h7-12,14-15,20H,4-6,13H2,1-3H3/b12-7+. The van der Waals surface area contributed by atoms with Gasteiger partial charge < -0.3 is 19.1 Å². The molecule has 0 spiro atoms. The van der Waals surface area contributed by atoms with E-state index < -0.39 is 0 Å². The first-order valence-corrected chi connectivity index (χ1v) is 10.1. The van der Waals surface area contributed by atoms with Crippen LogP contribution in [-0.4, -0.2) is 38.2 Å². The van der Waals surface area contributed by atoms with E-state index in [1.807, 2.05) is 42.2 Å². The Labute approximate surface area is 176 Å². The second-order valence-corrected chi connectivity index (χ2v) is 7.17. The van der Waals surface area contributed by atoms with Crippen LogP contribution in [0.1, 0.15) is 36.9 Å². The van der Waals surface area contributed by atoms with Crippen LogP contribution in [0.3, 0.4) is 0 Å². The van der Waals surface area contributed by atoms with Gasteiger partial charge in [-0.05, 0) is 61.2 Å². The maximum Gasteiger partial charge on any atom is 0.247 e. The molecule has 29 heavy (non-hydrogen) atoms. The van der Waals surface area contributed by atoms with Crippen molar-refractivity contribution in [1.29, 1.82) is 0 Å². The maximum atomic E-state index is 12.9. The summed E-state index contributed by atoms with van der Waals surface area (Å²) < 4.78 is 16.1. The van der Waals surface area contributed by atoms with Gasteiger partial charge in [0.05, 0.1) is 31.9 Å². The second kappa shape index (κ2) is 9.70. The molecule has 0 aromatic heterocycles. The number of rotatable bonds is 7. The van der Waals surface area contributed by atoms with Gasteiger partial charge in [-0.3, -0.25) is 4.79 Å². The van der Waals surface area contributed by atoms with Gasteiger partial charge >= 0.3 is 0 Å². The molecule has 5 nitrogen and oxygen atoms in total. The maximum absolute atomic E-state index is 12.9. The van der Waals surface area contributed by atoms with Gasteiger partial charge in [-0.25, -0.2) is 0 Å². The Morgan fingerprint density at radius 3 is 2.62 bits per heavy atom. The lowest BCUT2D eigenvalue weighted by Crippen LogP contribution is -2.28. The fourth-order valence-electron chi connectivity index (χ4n) is 3.59. The number of hydrogen-bond donors (Lipinski definition) is 0. The van der Waals surface area contributed by atoms with Crippen molar-refractivity contribution in [3.8, 4) is 17.2 Å². The van der Waals surface area contributed by atoms with Gasteiger partial charge in [0, 0.05) is 12.6 Å². The van der Waals surface area contributed by atoms with Gasteiger partial charge in [0.25, 0.3) is 0 Å². The van der Waals surface area contributed by atoms with E-state index in [1.54, 1.807) is 32.4 Å². The third-order valence-electron chi connectivity index (χ3n) is 5.00. The van der Waals surface area contributed by atoms with Crippen molar-refractivity contribution in [1.82, 2.24) is 4.90 Å². The molecule has 1 heterocycles. The highest BCUT2D eigenvalue weighted by atomic mass is 35.5. The van der Waals surface area contributed by atoms with Crippen molar-refractivity contribution < 1.29 is 19.0 Å². The average molecular weight is 416 g/mol. The van der Waals surface area contributed by atoms with Gasteiger partial charge in [-0.1, -0.05) is 23.7 Å². The molecule has 1 aliphatic rings. The second-order valence-electron chi connectivity index (χ2n) is 6.76. The minimum atomic E-state index is -0.0210. The summed E-state index contributed by atoms with van der Waals surface area (Å²) in [5, 5.41) is 0.454. The number of nitrogens with zero attached hydrogens (tertiary/aromatic N) is 1. The zero-order chi connectivity index (χ0) is 20.8. The Kier molecular flexibility index (Phi) is 7.04. The number of halogens is 1. The van der Waals surface area contributed by atoms with E-state index in [4.69, 9.17) is 25.8 Å². The SMILES string of the molecule is CCOc1c(Cl)cc(/C=C/C(=O)N2CCCC2c2ccc(OC)cc2)cc1OC. The smallest absolute Gasteiger partial charge is 0.247 e. The first-order valence-electron chi connectivity index (χ1n) is 9.70. The lowest BCUT2D eigenvalue weighted by molar-refractivity contribution is -0.126. The summed E-state index contributed by atoms with van der Waals surface area (Å²) in [4.78, 5) is 14.8. The van der Waals surface area contributed by atoms with E-state index in [2.05, 4.69) is 0 Å². The predicted octanol–water partition coefficient (Wildman–Crippen LogP) is 5.13. The van der Waals surface area contributed by atoms with Gasteiger partial charge in [-0.2, -0.15) is 0 Å². The molecular weight excluding hydrogens is 390 g/mol. The molecular formula is C23H26ClNO4. The van der Waals surface area contributed by atoms with Crippen LogP contribution in [0.4, 0.5) is 0 Å². The summed E-state index contributed by atoms with van der Waals surface area (Å²) in [5.41, 5.74) is 1.90. The highest BCUT2D eigenvalue weighted by molar-refractivity contribution is 6.32. The fourth-order valence-corrected chi connectivity index (χ4v) is 3.86. The van der Waals surface area contributed by atoms with Crippen molar-refractivity contribution in [2.24, 2.45) is 0 Å². The summed E-state index contributed by atoms with van der Waals surface area (Å²) >= 11 is 6.32. The van der Waals surface area contributed by atoms with E-state index in [9.17, 15) is 4.79 Å². The van der Waals surface area contributed by atoms with Crippen molar-refractivity contribution in [3.63, 3.8) is 0 Å². The van der Waals surface area contributed by atoms with E-state index in [-0.39, 0.29) is 11.9 Å². The van der Waals surface area contributed by atoms with Crippen LogP contribution in [0.5, 0.6) is 17.2 Å². The number of methoxy groups -OCH3 is 2. The molecule has 1 aliphatic heterocycles. The molecule has 6 heteroatoms. The summed E-state index contributed by atoms with van der Waals surface area (Å²) in [6.45, 7) is 3.12. The molecule has 0 saturated carbocycles. The highest BCUT2D eigenvalue weighted by Crippen LogP contribution is 2.37. The first-order chi connectivity index (χ1) is 14.1. The van der Waals surface area contributed by atoms with Crippen molar-refractivity contribution in [2.45, 2.75) is 25.8 Å². The number of carbonyl (C=O) groups excluding carboxylic acids is 1. The molecule has 1 saturated heterocycles. The van der Waals surface area contributed by atoms with Gasteiger partial charge in [-0.15, -0.1) is 0 Å². The third-order valence-corrected chi connectivity index (χ3v) is 5.28. The van der Waals surface area contributed by atoms with Gasteiger partial charge in [0.15, 0.2) is 11.5 Å². The Morgan fingerprint density at radius 1 is 1.21 bits per heavy atom. The highest BCUT2D eigenvalue weighted by Gasteiger charge is 2.28. The molecule has 0 N–H and O–H groups in total. The van der Waals surface area contributed by atoms with Crippen LogP contribution in [-0.2, 0) is 4.79 Å². The van der Waals surface area contributed by atoms with Gasteiger partial charge in [0.1, 0.15) is 5.75 Å². The first kappa shape index (κ1) is 21.1. The largest absolute Gasteiger partial charge is 0.497 e. The van der Waals surface area contributed by atoms with E-state index in [0.29, 0.717) is 23.1 Å². The van der Waals surface area contributed by atoms with Crippen LogP contribution in [0.25, 0.3) is 6.08 Å². The number of amides is 1. The molecule has 3 rings (SSSR count). The normalized spacial score (nSPS) is 16.3. The number of likely N-dealkylation sites (tertiary alicyclic amines) is 1. The van der Waals surface area contributed by atoms with Crippen LogP contribution >= 0.6 is 11.6 Å². The van der Waals surface area contributed by atoms with Gasteiger partial charge in [0.2, 0.25) is 5.91 Å². The monoisotopic (exact) mass is 415 g/mol. The molecule has 1 unspecified atom stereocenters. The lowest BCUT2D eigenvalue weighted by Gasteiger charge is -2.24. The third kappa shape index (κ3) is 4.85. The number of benzene rings is 2. The molecule has 1 atom stereocenters. The topological polar surface area (TPSA) is 48.0 Å².